The highest BCUT2D eigenvalue weighted by Gasteiger charge is 2.33. The lowest BCUT2D eigenvalue weighted by molar-refractivity contribution is -0.138. The first kappa shape index (κ1) is 31.0. The highest BCUT2D eigenvalue weighted by molar-refractivity contribution is 7.05. The number of rotatable bonds is 7. The molecule has 12 heteroatoms. The molecule has 0 saturated heterocycles. The number of carbonyl (C=O) groups excluding carboxylic acids is 4. The van der Waals surface area contributed by atoms with E-state index in [1.807, 2.05) is 13.8 Å². The van der Waals surface area contributed by atoms with Gasteiger partial charge in [-0.05, 0) is 55.3 Å². The fraction of sp³-hybridized carbons (Fsp3) is 0.571. The molecule has 2 aromatic rings. The van der Waals surface area contributed by atoms with Gasteiger partial charge in [-0.25, -0.2) is 0 Å². The third-order valence-electron chi connectivity index (χ3n) is 6.72. The van der Waals surface area contributed by atoms with E-state index in [0.717, 1.165) is 16.4 Å². The van der Waals surface area contributed by atoms with E-state index in [9.17, 15) is 19.2 Å². The molecule has 4 amide bonds. The van der Waals surface area contributed by atoms with Crippen molar-refractivity contribution in [1.82, 2.24) is 30.4 Å². The quantitative estimate of drug-likeness (QED) is 0.463. The fourth-order valence-corrected chi connectivity index (χ4v) is 5.13. The number of aryl methyl sites for hydroxylation is 1. The molecule has 218 valence electrons. The van der Waals surface area contributed by atoms with Crippen LogP contribution in [0.15, 0.2) is 24.3 Å². The van der Waals surface area contributed by atoms with E-state index in [1.54, 1.807) is 43.1 Å². The number of fused-ring (bicyclic) bond motifs is 1. The summed E-state index contributed by atoms with van der Waals surface area (Å²) in [6, 6.07) is 4.48. The Hall–Kier alpha value is -3.54. The maximum atomic E-state index is 13.7. The van der Waals surface area contributed by atoms with Crippen LogP contribution in [0.2, 0.25) is 0 Å². The third-order valence-corrected chi connectivity index (χ3v) is 7.55. The number of hydrogen-bond acceptors (Lipinski definition) is 8. The van der Waals surface area contributed by atoms with Crippen LogP contribution >= 0.6 is 11.5 Å². The van der Waals surface area contributed by atoms with E-state index in [1.165, 1.54) is 0 Å². The second-order valence-electron chi connectivity index (χ2n) is 11.0. The van der Waals surface area contributed by atoms with Gasteiger partial charge >= 0.3 is 0 Å². The third kappa shape index (κ3) is 8.48. The van der Waals surface area contributed by atoms with E-state index in [4.69, 9.17) is 4.74 Å². The number of carbonyl (C=O) groups is 4. The molecule has 0 unspecified atom stereocenters. The second kappa shape index (κ2) is 14.2. The number of amides is 4. The molecule has 1 aromatic heterocycles. The molecule has 0 saturated carbocycles. The molecule has 3 rings (SSSR count). The molecule has 1 aliphatic heterocycles. The molecule has 0 spiro atoms. The van der Waals surface area contributed by atoms with E-state index < -0.39 is 29.8 Å². The van der Waals surface area contributed by atoms with Crippen LogP contribution in [0, 0.1) is 18.8 Å². The predicted octanol–water partition coefficient (Wildman–Crippen LogP) is 2.45. The molecule has 0 bridgehead atoms. The Morgan fingerprint density at radius 1 is 1.12 bits per heavy atom. The molecule has 3 atom stereocenters. The fourth-order valence-electron chi connectivity index (χ4n) is 4.55. The zero-order chi connectivity index (χ0) is 29.4. The number of aromatic nitrogens is 2. The lowest BCUT2D eigenvalue weighted by Crippen LogP contribution is -2.54. The van der Waals surface area contributed by atoms with E-state index in [2.05, 4.69) is 39.4 Å². The molecule has 1 aliphatic rings. The van der Waals surface area contributed by atoms with E-state index in [0.29, 0.717) is 24.3 Å². The Morgan fingerprint density at radius 3 is 2.48 bits per heavy atom. The Labute approximate surface area is 239 Å². The first-order chi connectivity index (χ1) is 19.0. The van der Waals surface area contributed by atoms with Crippen LogP contribution in [0.5, 0.6) is 5.75 Å². The van der Waals surface area contributed by atoms with Crippen LogP contribution in [0.4, 0.5) is 0 Å². The number of benzene rings is 1. The van der Waals surface area contributed by atoms with E-state index in [-0.39, 0.29) is 48.9 Å². The van der Waals surface area contributed by atoms with Crippen LogP contribution in [-0.2, 0) is 20.9 Å². The second-order valence-corrected chi connectivity index (χ2v) is 11.9. The summed E-state index contributed by atoms with van der Waals surface area (Å²) in [4.78, 5) is 55.9. The molecule has 0 aliphatic carbocycles. The number of nitrogens with zero attached hydrogens (tertiary/aromatic N) is 3. The number of likely N-dealkylation sites (N-methyl/N-ethyl adjacent to an activating group) is 1. The molecular formula is C28H40N6O5S. The Kier molecular flexibility index (Phi) is 11.0. The lowest BCUT2D eigenvalue weighted by Gasteiger charge is -2.33. The van der Waals surface area contributed by atoms with Gasteiger partial charge in [0.25, 0.3) is 5.91 Å². The Balaban J connectivity index is 1.94. The Bertz CT molecular complexity index is 1200. The monoisotopic (exact) mass is 572 g/mol. The van der Waals surface area contributed by atoms with Crippen LogP contribution in [0.25, 0.3) is 0 Å². The summed E-state index contributed by atoms with van der Waals surface area (Å²) in [7, 11) is 1.72. The molecule has 0 radical (unpaired) electrons. The van der Waals surface area contributed by atoms with Crippen molar-refractivity contribution in [3.8, 4) is 5.75 Å². The van der Waals surface area contributed by atoms with Gasteiger partial charge in [0.2, 0.25) is 17.7 Å². The molecule has 40 heavy (non-hydrogen) atoms. The van der Waals surface area contributed by atoms with Gasteiger partial charge in [0, 0.05) is 7.05 Å². The van der Waals surface area contributed by atoms with Crippen molar-refractivity contribution in [1.29, 1.82) is 0 Å². The molecular weight excluding hydrogens is 532 g/mol. The van der Waals surface area contributed by atoms with Crippen LogP contribution < -0.4 is 20.7 Å². The van der Waals surface area contributed by atoms with Gasteiger partial charge in [0.1, 0.15) is 24.4 Å². The van der Waals surface area contributed by atoms with Crippen molar-refractivity contribution in [3.63, 3.8) is 0 Å². The minimum Gasteiger partial charge on any atom is -0.491 e. The lowest BCUT2D eigenvalue weighted by atomic mass is 9.99. The first-order valence-electron chi connectivity index (χ1n) is 13.6. The molecule has 3 N–H and O–H groups in total. The largest absolute Gasteiger partial charge is 0.491 e. The zero-order valence-electron chi connectivity index (χ0n) is 24.0. The van der Waals surface area contributed by atoms with Gasteiger partial charge in [-0.15, -0.1) is 5.10 Å². The summed E-state index contributed by atoms with van der Waals surface area (Å²) >= 11 is 1.16. The maximum absolute atomic E-state index is 13.7. The molecule has 0 fully saturated rings. The number of nitrogens with one attached hydrogen (secondary N) is 3. The summed E-state index contributed by atoms with van der Waals surface area (Å²) in [6.07, 6.45) is 0.755. The summed E-state index contributed by atoms with van der Waals surface area (Å²) in [5.74, 6) is -1.07. The van der Waals surface area contributed by atoms with Crippen LogP contribution in [-0.4, -0.2) is 69.9 Å². The Morgan fingerprint density at radius 2 is 1.82 bits per heavy atom. The van der Waals surface area contributed by atoms with Gasteiger partial charge in [-0.1, -0.05) is 44.3 Å². The maximum Gasteiger partial charge on any atom is 0.255 e. The SMILES string of the molecule is Cc1nnsc1CNC(=O)[C@@H]1CC(=O)N[C@H](CC(C)C)C(=O)N(C)[C@@H](CC(C)C)COc2ccccc2C(=O)N1. The van der Waals surface area contributed by atoms with Crippen molar-refractivity contribution < 1.29 is 23.9 Å². The zero-order valence-corrected chi connectivity index (χ0v) is 24.8. The molecule has 2 heterocycles. The average molecular weight is 573 g/mol. The normalized spacial score (nSPS) is 20.9. The van der Waals surface area contributed by atoms with Crippen molar-refractivity contribution >= 4 is 35.2 Å². The number of hydrogen-bond donors (Lipinski definition) is 3. The van der Waals surface area contributed by atoms with Gasteiger partial charge in [0.05, 0.1) is 35.1 Å². The summed E-state index contributed by atoms with van der Waals surface area (Å²) < 4.78 is 9.99. The number of para-hydroxylation sites is 1. The van der Waals surface area contributed by atoms with Gasteiger partial charge in [-0.3, -0.25) is 19.2 Å². The highest BCUT2D eigenvalue weighted by atomic mass is 32.1. The molecule has 11 nitrogen and oxygen atoms in total. The standard InChI is InChI=1S/C28H40N6O5S/c1-16(2)11-19-15-39-23-10-8-7-9-20(23)26(36)31-21(27(37)29-14-24-18(5)32-33-40-24)13-25(35)30-22(12-17(3)4)28(38)34(19)6/h7-10,16-17,19,21-22H,11-15H2,1-6H3,(H,29,37)(H,30,35)(H,31,36)/t19-,21-,22+/m0/s1. The van der Waals surface area contributed by atoms with Gasteiger partial charge < -0.3 is 25.6 Å². The van der Waals surface area contributed by atoms with Crippen molar-refractivity contribution in [2.24, 2.45) is 11.8 Å². The van der Waals surface area contributed by atoms with Gasteiger partial charge in [0.15, 0.2) is 0 Å². The average Bonchev–Trinajstić information content (AvgIpc) is 3.31. The summed E-state index contributed by atoms with van der Waals surface area (Å²) in [5, 5.41) is 12.3. The summed E-state index contributed by atoms with van der Waals surface area (Å²) in [6.45, 7) is 10.2. The van der Waals surface area contributed by atoms with Gasteiger partial charge in [-0.2, -0.15) is 0 Å². The highest BCUT2D eigenvalue weighted by Crippen LogP contribution is 2.22. The topological polar surface area (TPSA) is 143 Å². The van der Waals surface area contributed by atoms with Crippen molar-refractivity contribution in [2.45, 2.75) is 78.6 Å². The van der Waals surface area contributed by atoms with Crippen LogP contribution in [0.1, 0.15) is 67.9 Å². The van der Waals surface area contributed by atoms with Crippen molar-refractivity contribution in [3.05, 3.63) is 40.4 Å². The van der Waals surface area contributed by atoms with Crippen LogP contribution in [0.3, 0.4) is 0 Å². The minimum absolute atomic E-state index is 0.128. The van der Waals surface area contributed by atoms with Crippen molar-refractivity contribution in [2.75, 3.05) is 13.7 Å². The van der Waals surface area contributed by atoms with E-state index >= 15 is 0 Å². The molecule has 1 aromatic carbocycles. The first-order valence-corrected chi connectivity index (χ1v) is 14.4. The predicted molar refractivity (Wildman–Crippen MR) is 152 cm³/mol. The number of ether oxygens (including phenoxy) is 1. The smallest absolute Gasteiger partial charge is 0.255 e. The minimum atomic E-state index is -1.19. The summed E-state index contributed by atoms with van der Waals surface area (Å²) in [5.41, 5.74) is 0.925.